The SMILES string of the molecule is C=C(C)C(=O)OSSOC(=O)C(=C)C. The van der Waals surface area contributed by atoms with Crippen molar-refractivity contribution in [3.8, 4) is 0 Å². The van der Waals surface area contributed by atoms with E-state index in [0.29, 0.717) is 22.1 Å². The lowest BCUT2D eigenvalue weighted by Crippen LogP contribution is -2.00. The molecule has 0 aromatic carbocycles. The first-order valence-electron chi connectivity index (χ1n) is 3.52. The molecule has 0 aliphatic heterocycles. The summed E-state index contributed by atoms with van der Waals surface area (Å²) < 4.78 is 9.14. The van der Waals surface area contributed by atoms with Gasteiger partial charge in [0, 0.05) is 11.1 Å². The van der Waals surface area contributed by atoms with Gasteiger partial charge >= 0.3 is 11.9 Å². The summed E-state index contributed by atoms with van der Waals surface area (Å²) in [6, 6.07) is 0. The van der Waals surface area contributed by atoms with E-state index in [9.17, 15) is 9.59 Å². The van der Waals surface area contributed by atoms with Gasteiger partial charge in [0.15, 0.2) is 22.1 Å². The molecule has 0 rings (SSSR count). The average Bonchev–Trinajstić information content (AvgIpc) is 2.11. The van der Waals surface area contributed by atoms with Crippen molar-refractivity contribution in [1.29, 1.82) is 0 Å². The van der Waals surface area contributed by atoms with Crippen molar-refractivity contribution < 1.29 is 18.0 Å². The van der Waals surface area contributed by atoms with Crippen LogP contribution in [-0.4, -0.2) is 11.9 Å². The molecule has 0 saturated carbocycles. The van der Waals surface area contributed by atoms with E-state index in [-0.39, 0.29) is 11.1 Å². The van der Waals surface area contributed by atoms with E-state index >= 15 is 0 Å². The molecule has 0 aromatic heterocycles. The van der Waals surface area contributed by atoms with Gasteiger partial charge in [0.2, 0.25) is 0 Å². The second-order valence-electron chi connectivity index (χ2n) is 2.44. The summed E-state index contributed by atoms with van der Waals surface area (Å²) in [6.45, 7) is 9.80. The van der Waals surface area contributed by atoms with Crippen LogP contribution in [0.4, 0.5) is 0 Å². The summed E-state index contributed by atoms with van der Waals surface area (Å²) >= 11 is 1.32. The highest BCUT2D eigenvalue weighted by Gasteiger charge is 2.08. The fourth-order valence-corrected chi connectivity index (χ4v) is 1.23. The Bertz CT molecular complexity index is 245. The Hall–Kier alpha value is -0.880. The van der Waals surface area contributed by atoms with E-state index in [1.807, 2.05) is 0 Å². The number of hydrogen-bond acceptors (Lipinski definition) is 6. The van der Waals surface area contributed by atoms with E-state index in [1.165, 1.54) is 13.8 Å². The Kier molecular flexibility index (Phi) is 6.14. The van der Waals surface area contributed by atoms with Crippen LogP contribution >= 0.6 is 22.1 Å². The van der Waals surface area contributed by atoms with Gasteiger partial charge in [-0.2, -0.15) is 0 Å². The third-order valence-corrected chi connectivity index (χ3v) is 2.01. The fraction of sp³-hybridized carbons (Fsp3) is 0.250. The molecule has 0 heterocycles. The second kappa shape index (κ2) is 6.56. The molecule has 0 amide bonds. The monoisotopic (exact) mass is 234 g/mol. The topological polar surface area (TPSA) is 52.6 Å². The molecule has 4 nitrogen and oxygen atoms in total. The van der Waals surface area contributed by atoms with Crippen molar-refractivity contribution in [2.75, 3.05) is 0 Å². The van der Waals surface area contributed by atoms with Crippen LogP contribution in [0.3, 0.4) is 0 Å². The van der Waals surface area contributed by atoms with Crippen molar-refractivity contribution >= 4 is 34.1 Å². The molecule has 0 spiro atoms. The minimum Gasteiger partial charge on any atom is -0.373 e. The lowest BCUT2D eigenvalue weighted by molar-refractivity contribution is -0.130. The third-order valence-electron chi connectivity index (χ3n) is 0.944. The molecular formula is C8H10O4S2. The molecule has 6 heteroatoms. The van der Waals surface area contributed by atoms with Gasteiger partial charge in [-0.15, -0.1) is 0 Å². The standard InChI is InChI=1S/C8H10O4S2/c1-5(2)7(9)11-13-14-12-8(10)6(3)4/h1,3H2,2,4H3. The van der Waals surface area contributed by atoms with Crippen molar-refractivity contribution in [3.63, 3.8) is 0 Å². The van der Waals surface area contributed by atoms with E-state index in [2.05, 4.69) is 21.5 Å². The van der Waals surface area contributed by atoms with Crippen LogP contribution in [-0.2, 0) is 18.0 Å². The molecule has 14 heavy (non-hydrogen) atoms. The maximum Gasteiger partial charge on any atom is 0.346 e. The fourth-order valence-electron chi connectivity index (χ4n) is 0.232. The molecule has 78 valence electrons. The Morgan fingerprint density at radius 3 is 1.43 bits per heavy atom. The number of hydrogen-bond donors (Lipinski definition) is 0. The lowest BCUT2D eigenvalue weighted by atomic mass is 10.4. The molecule has 0 saturated heterocycles. The zero-order chi connectivity index (χ0) is 11.1. The van der Waals surface area contributed by atoms with Gasteiger partial charge < -0.3 is 8.37 Å². The quantitative estimate of drug-likeness (QED) is 0.315. The van der Waals surface area contributed by atoms with Crippen LogP contribution in [0.5, 0.6) is 0 Å². The summed E-state index contributed by atoms with van der Waals surface area (Å²) in [6.07, 6.45) is 0. The largest absolute Gasteiger partial charge is 0.373 e. The van der Waals surface area contributed by atoms with Gasteiger partial charge in [0.25, 0.3) is 0 Å². The Morgan fingerprint density at radius 2 is 1.21 bits per heavy atom. The first-order chi connectivity index (χ1) is 6.45. The van der Waals surface area contributed by atoms with Gasteiger partial charge in [-0.25, -0.2) is 9.59 Å². The minimum absolute atomic E-state index is 0.282. The Labute approximate surface area is 90.5 Å². The molecule has 0 N–H and O–H groups in total. The summed E-state index contributed by atoms with van der Waals surface area (Å²) in [5.74, 6) is -1.09. The average molecular weight is 234 g/mol. The van der Waals surface area contributed by atoms with Crippen molar-refractivity contribution in [2.24, 2.45) is 0 Å². The van der Waals surface area contributed by atoms with Crippen molar-refractivity contribution in [2.45, 2.75) is 13.8 Å². The van der Waals surface area contributed by atoms with Crippen LogP contribution in [0.25, 0.3) is 0 Å². The highest BCUT2D eigenvalue weighted by atomic mass is 33.1. The normalized spacial score (nSPS) is 9.00. The smallest absolute Gasteiger partial charge is 0.346 e. The first kappa shape index (κ1) is 13.1. The minimum atomic E-state index is -0.547. The molecule has 0 aliphatic rings. The van der Waals surface area contributed by atoms with Gasteiger partial charge in [0.1, 0.15) is 0 Å². The highest BCUT2D eigenvalue weighted by molar-refractivity contribution is 8.73. The van der Waals surface area contributed by atoms with Crippen molar-refractivity contribution in [1.82, 2.24) is 0 Å². The number of carbonyl (C=O) groups is 2. The van der Waals surface area contributed by atoms with Crippen LogP contribution in [0.1, 0.15) is 13.8 Å². The first-order valence-corrected chi connectivity index (χ1v) is 5.52. The molecule has 0 unspecified atom stereocenters. The summed E-state index contributed by atoms with van der Waals surface area (Å²) in [5.41, 5.74) is 0.564. The second-order valence-corrected chi connectivity index (χ2v) is 3.86. The molecule has 0 bridgehead atoms. The summed E-state index contributed by atoms with van der Waals surface area (Å²) in [4.78, 5) is 21.6. The van der Waals surface area contributed by atoms with Crippen LogP contribution in [0.2, 0.25) is 0 Å². The predicted molar refractivity (Wildman–Crippen MR) is 57.0 cm³/mol. The number of rotatable bonds is 5. The predicted octanol–water partition coefficient (Wildman–Crippen LogP) is 2.44. The van der Waals surface area contributed by atoms with E-state index in [4.69, 9.17) is 0 Å². The summed E-state index contributed by atoms with van der Waals surface area (Å²) in [7, 11) is 0. The zero-order valence-corrected chi connectivity index (χ0v) is 9.50. The van der Waals surface area contributed by atoms with Gasteiger partial charge in [-0.05, 0) is 13.8 Å². The van der Waals surface area contributed by atoms with Crippen LogP contribution in [0, 0.1) is 0 Å². The molecule has 0 aromatic rings. The Balaban J connectivity index is 3.57. The van der Waals surface area contributed by atoms with E-state index in [0.717, 1.165) is 0 Å². The Morgan fingerprint density at radius 1 is 0.929 bits per heavy atom. The van der Waals surface area contributed by atoms with Gasteiger partial charge in [-0.1, -0.05) is 13.2 Å². The van der Waals surface area contributed by atoms with Crippen LogP contribution < -0.4 is 0 Å². The van der Waals surface area contributed by atoms with E-state index in [1.54, 1.807) is 0 Å². The molecule has 0 aliphatic carbocycles. The zero-order valence-electron chi connectivity index (χ0n) is 7.86. The summed E-state index contributed by atoms with van der Waals surface area (Å²) in [5, 5.41) is 0. The maximum absolute atomic E-state index is 10.8. The van der Waals surface area contributed by atoms with E-state index < -0.39 is 11.9 Å². The molecule has 0 atom stereocenters. The third kappa shape index (κ3) is 5.71. The number of carbonyl (C=O) groups excluding carboxylic acids is 2. The van der Waals surface area contributed by atoms with Gasteiger partial charge in [-0.3, -0.25) is 0 Å². The lowest BCUT2D eigenvalue weighted by Gasteiger charge is -2.00. The molecule has 0 fully saturated rings. The molecule has 0 radical (unpaired) electrons. The maximum atomic E-state index is 10.8. The molecular weight excluding hydrogens is 224 g/mol. The highest BCUT2D eigenvalue weighted by Crippen LogP contribution is 2.25. The van der Waals surface area contributed by atoms with Crippen LogP contribution in [0.15, 0.2) is 24.3 Å². The van der Waals surface area contributed by atoms with Gasteiger partial charge in [0.05, 0.1) is 0 Å². The van der Waals surface area contributed by atoms with Crippen molar-refractivity contribution in [3.05, 3.63) is 24.3 Å².